The van der Waals surface area contributed by atoms with E-state index in [4.69, 9.17) is 14.2 Å². The second-order valence-electron chi connectivity index (χ2n) is 8.93. The number of likely N-dealkylation sites (tertiary alicyclic amines) is 1. The number of amides is 3. The lowest BCUT2D eigenvalue weighted by Crippen LogP contribution is -2.46. The highest BCUT2D eigenvalue weighted by Crippen LogP contribution is 2.42. The minimum atomic E-state index is -0.313. The number of hydrogen-bond acceptors (Lipinski definition) is 7. The molecular formula is C28H33N3O6S. The van der Waals surface area contributed by atoms with E-state index < -0.39 is 0 Å². The second-order valence-corrected chi connectivity index (χ2v) is 10.0. The molecule has 9 nitrogen and oxygen atoms in total. The standard InChI is InChI=1S/C28H33N3O6S/c1-5-36-22-9-7-18(15-23(22)35-4)16-25-27(33)30(3)21-17-19(8-10-24(21)38-25)26(32)29-20-11-13-31(14-12-20)28(34)37-6-2/h7-10,15-17,20H,5-6,11-14H2,1-4H3,(H,29,32). The normalized spacial score (nSPS) is 16.7. The molecule has 4 rings (SSSR count). The molecule has 1 saturated heterocycles. The quantitative estimate of drug-likeness (QED) is 0.516. The SMILES string of the molecule is CCOC(=O)N1CCC(NC(=O)c2ccc3c(c2)N(C)C(=O)C(=Cc2ccc(OCC)c(OC)c2)S3)CC1. The zero-order valence-corrected chi connectivity index (χ0v) is 22.9. The van der Waals surface area contributed by atoms with Crippen LogP contribution in [0.1, 0.15) is 42.6 Å². The average molecular weight is 540 g/mol. The van der Waals surface area contributed by atoms with Gasteiger partial charge in [-0.1, -0.05) is 17.8 Å². The molecular weight excluding hydrogens is 506 g/mol. The van der Waals surface area contributed by atoms with Gasteiger partial charge >= 0.3 is 6.09 Å². The lowest BCUT2D eigenvalue weighted by atomic mass is 10.0. The molecule has 0 unspecified atom stereocenters. The van der Waals surface area contributed by atoms with Crippen LogP contribution in [0.5, 0.6) is 11.5 Å². The van der Waals surface area contributed by atoms with Gasteiger partial charge < -0.3 is 29.3 Å². The van der Waals surface area contributed by atoms with Crippen LogP contribution in [0.15, 0.2) is 46.2 Å². The summed E-state index contributed by atoms with van der Waals surface area (Å²) in [5.41, 5.74) is 2.00. The Morgan fingerprint density at radius 1 is 1.08 bits per heavy atom. The number of likely N-dealkylation sites (N-methyl/N-ethyl adjacent to an activating group) is 1. The van der Waals surface area contributed by atoms with E-state index >= 15 is 0 Å². The van der Waals surface area contributed by atoms with Crippen molar-refractivity contribution in [2.45, 2.75) is 37.6 Å². The minimum Gasteiger partial charge on any atom is -0.493 e. The van der Waals surface area contributed by atoms with Crippen LogP contribution in [-0.4, -0.2) is 69.3 Å². The highest BCUT2D eigenvalue weighted by atomic mass is 32.2. The first-order valence-corrected chi connectivity index (χ1v) is 13.5. The van der Waals surface area contributed by atoms with Crippen LogP contribution in [0.4, 0.5) is 10.5 Å². The summed E-state index contributed by atoms with van der Waals surface area (Å²) in [5, 5.41) is 3.06. The van der Waals surface area contributed by atoms with Crippen molar-refractivity contribution in [3.05, 3.63) is 52.4 Å². The molecule has 2 heterocycles. The van der Waals surface area contributed by atoms with Crippen LogP contribution < -0.4 is 19.7 Å². The second kappa shape index (κ2) is 12.3. The molecule has 0 saturated carbocycles. The molecule has 202 valence electrons. The van der Waals surface area contributed by atoms with Gasteiger partial charge in [-0.15, -0.1) is 0 Å². The Bertz CT molecular complexity index is 1240. The zero-order chi connectivity index (χ0) is 27.2. The van der Waals surface area contributed by atoms with Gasteiger partial charge in [0.2, 0.25) is 0 Å². The van der Waals surface area contributed by atoms with Crippen molar-refractivity contribution in [1.29, 1.82) is 0 Å². The summed E-state index contributed by atoms with van der Waals surface area (Å²) in [6, 6.07) is 10.9. The van der Waals surface area contributed by atoms with Crippen LogP contribution in [-0.2, 0) is 9.53 Å². The molecule has 0 bridgehead atoms. The fourth-order valence-corrected chi connectivity index (χ4v) is 5.52. The first-order chi connectivity index (χ1) is 18.3. The van der Waals surface area contributed by atoms with E-state index in [9.17, 15) is 14.4 Å². The third-order valence-electron chi connectivity index (χ3n) is 6.46. The lowest BCUT2D eigenvalue weighted by molar-refractivity contribution is -0.114. The third kappa shape index (κ3) is 6.07. The molecule has 10 heteroatoms. The number of nitrogens with one attached hydrogen (secondary N) is 1. The van der Waals surface area contributed by atoms with Crippen LogP contribution in [0.25, 0.3) is 6.08 Å². The average Bonchev–Trinajstić information content (AvgIpc) is 2.92. The molecule has 2 aliphatic heterocycles. The molecule has 0 radical (unpaired) electrons. The van der Waals surface area contributed by atoms with E-state index in [1.807, 2.05) is 37.3 Å². The van der Waals surface area contributed by atoms with Crippen molar-refractivity contribution < 1.29 is 28.6 Å². The molecule has 38 heavy (non-hydrogen) atoms. The highest BCUT2D eigenvalue weighted by molar-refractivity contribution is 8.04. The summed E-state index contributed by atoms with van der Waals surface area (Å²) >= 11 is 1.37. The van der Waals surface area contributed by atoms with Gasteiger partial charge in [0.05, 0.1) is 30.9 Å². The maximum atomic E-state index is 13.2. The van der Waals surface area contributed by atoms with E-state index in [2.05, 4.69) is 5.32 Å². The summed E-state index contributed by atoms with van der Waals surface area (Å²) in [7, 11) is 3.29. The molecule has 3 amide bonds. The topological polar surface area (TPSA) is 97.4 Å². The smallest absolute Gasteiger partial charge is 0.409 e. The Kier molecular flexibility index (Phi) is 8.83. The molecule has 2 aromatic carbocycles. The summed E-state index contributed by atoms with van der Waals surface area (Å²) in [6.07, 6.45) is 2.84. The van der Waals surface area contributed by atoms with Crippen molar-refractivity contribution in [2.24, 2.45) is 0 Å². The first kappa shape index (κ1) is 27.4. The van der Waals surface area contributed by atoms with E-state index in [-0.39, 0.29) is 23.9 Å². The van der Waals surface area contributed by atoms with Crippen molar-refractivity contribution in [1.82, 2.24) is 10.2 Å². The summed E-state index contributed by atoms with van der Waals surface area (Å²) < 4.78 is 16.1. The van der Waals surface area contributed by atoms with E-state index in [1.165, 1.54) is 11.8 Å². The predicted molar refractivity (Wildman–Crippen MR) is 147 cm³/mol. The van der Waals surface area contributed by atoms with E-state index in [0.717, 1.165) is 10.5 Å². The number of hydrogen-bond donors (Lipinski definition) is 1. The van der Waals surface area contributed by atoms with Crippen molar-refractivity contribution >= 4 is 41.4 Å². The van der Waals surface area contributed by atoms with Crippen molar-refractivity contribution in [3.63, 3.8) is 0 Å². The van der Waals surface area contributed by atoms with E-state index in [1.54, 1.807) is 43.0 Å². The van der Waals surface area contributed by atoms with Crippen LogP contribution in [0.3, 0.4) is 0 Å². The number of ether oxygens (including phenoxy) is 3. The predicted octanol–water partition coefficient (Wildman–Crippen LogP) is 4.55. The number of carbonyl (C=O) groups excluding carboxylic acids is 3. The minimum absolute atomic E-state index is 0.0291. The number of piperidine rings is 1. The summed E-state index contributed by atoms with van der Waals surface area (Å²) in [5.74, 6) is 0.901. The molecule has 2 aliphatic rings. The number of carbonyl (C=O) groups is 3. The Balaban J connectivity index is 1.45. The Hall–Kier alpha value is -3.66. The number of anilines is 1. The maximum absolute atomic E-state index is 13.2. The fraction of sp³-hybridized carbons (Fsp3) is 0.393. The summed E-state index contributed by atoms with van der Waals surface area (Å²) in [6.45, 7) is 5.64. The molecule has 2 aromatic rings. The highest BCUT2D eigenvalue weighted by Gasteiger charge is 2.29. The number of nitrogens with zero attached hydrogens (tertiary/aromatic N) is 2. The summed E-state index contributed by atoms with van der Waals surface area (Å²) in [4.78, 5) is 42.8. The van der Waals surface area contributed by atoms with Gasteiger partial charge in [0.1, 0.15) is 0 Å². The van der Waals surface area contributed by atoms with Gasteiger partial charge in [-0.05, 0) is 68.7 Å². The molecule has 1 fully saturated rings. The largest absolute Gasteiger partial charge is 0.493 e. The number of benzene rings is 2. The number of thioether (sulfide) groups is 1. The molecule has 0 aromatic heterocycles. The van der Waals surface area contributed by atoms with E-state index in [0.29, 0.717) is 66.8 Å². The van der Waals surface area contributed by atoms with Gasteiger partial charge in [-0.3, -0.25) is 9.59 Å². The number of methoxy groups -OCH3 is 1. The fourth-order valence-electron chi connectivity index (χ4n) is 4.43. The van der Waals surface area contributed by atoms with Crippen LogP contribution >= 0.6 is 11.8 Å². The molecule has 0 aliphatic carbocycles. The van der Waals surface area contributed by atoms with Gasteiger partial charge in [0.25, 0.3) is 11.8 Å². The third-order valence-corrected chi connectivity index (χ3v) is 7.54. The van der Waals surface area contributed by atoms with Gasteiger partial charge in [-0.2, -0.15) is 0 Å². The maximum Gasteiger partial charge on any atom is 0.409 e. The number of fused-ring (bicyclic) bond motifs is 1. The molecule has 0 atom stereocenters. The number of rotatable bonds is 7. The van der Waals surface area contributed by atoms with Crippen LogP contribution in [0.2, 0.25) is 0 Å². The Labute approximate surface area is 227 Å². The Morgan fingerprint density at radius 2 is 1.84 bits per heavy atom. The van der Waals surface area contributed by atoms with Gasteiger partial charge in [0, 0.05) is 36.6 Å². The van der Waals surface area contributed by atoms with Gasteiger partial charge in [0.15, 0.2) is 11.5 Å². The zero-order valence-electron chi connectivity index (χ0n) is 22.1. The van der Waals surface area contributed by atoms with Crippen LogP contribution in [0, 0.1) is 0 Å². The Morgan fingerprint density at radius 3 is 2.53 bits per heavy atom. The first-order valence-electron chi connectivity index (χ1n) is 12.7. The van der Waals surface area contributed by atoms with Crippen molar-refractivity contribution in [2.75, 3.05) is 45.4 Å². The van der Waals surface area contributed by atoms with Gasteiger partial charge in [-0.25, -0.2) is 4.79 Å². The molecule has 0 spiro atoms. The van der Waals surface area contributed by atoms with Crippen molar-refractivity contribution in [3.8, 4) is 11.5 Å². The monoisotopic (exact) mass is 539 g/mol. The lowest BCUT2D eigenvalue weighted by Gasteiger charge is -2.32. The molecule has 1 N–H and O–H groups in total.